The first-order valence-electron chi connectivity index (χ1n) is 9.13. The summed E-state index contributed by atoms with van der Waals surface area (Å²) in [6.45, 7) is 1.33. The van der Waals surface area contributed by atoms with Crippen molar-refractivity contribution >= 4 is 0 Å². The van der Waals surface area contributed by atoms with E-state index in [2.05, 4.69) is 4.98 Å². The molecule has 1 aromatic carbocycles. The first kappa shape index (κ1) is 18.2. The SMILES string of the molecule is Oc1ccc(C(O)CN2C[C@H]3C[C@H](Oc4ccccc4)C[C@@]3(O)C2)nc1F. The van der Waals surface area contributed by atoms with Gasteiger partial charge in [0.1, 0.15) is 18.0 Å². The maximum absolute atomic E-state index is 13.4. The van der Waals surface area contributed by atoms with Gasteiger partial charge in [-0.15, -0.1) is 0 Å². The van der Waals surface area contributed by atoms with Crippen molar-refractivity contribution in [3.05, 3.63) is 54.1 Å². The first-order valence-corrected chi connectivity index (χ1v) is 9.13. The Morgan fingerprint density at radius 3 is 2.74 bits per heavy atom. The summed E-state index contributed by atoms with van der Waals surface area (Å²) >= 11 is 0. The van der Waals surface area contributed by atoms with Crippen LogP contribution in [0, 0.1) is 11.9 Å². The summed E-state index contributed by atoms with van der Waals surface area (Å²) in [5.74, 6) is -0.661. The molecule has 144 valence electrons. The third-order valence-corrected chi connectivity index (χ3v) is 5.53. The maximum Gasteiger partial charge on any atom is 0.255 e. The Kier molecular flexibility index (Phi) is 4.75. The van der Waals surface area contributed by atoms with Crippen LogP contribution in [0.4, 0.5) is 4.39 Å². The molecule has 2 fully saturated rings. The van der Waals surface area contributed by atoms with Crippen molar-refractivity contribution in [3.8, 4) is 11.5 Å². The number of benzene rings is 1. The number of hydrogen-bond acceptors (Lipinski definition) is 6. The molecule has 0 amide bonds. The number of pyridine rings is 1. The van der Waals surface area contributed by atoms with E-state index in [0.29, 0.717) is 19.5 Å². The minimum Gasteiger partial charge on any atom is -0.504 e. The number of aliphatic hydroxyl groups is 2. The number of β-amino-alcohol motifs (C(OH)–C–C–N with tert-alkyl or cyclic N) is 2. The Hall–Kier alpha value is -2.22. The molecule has 1 saturated heterocycles. The van der Waals surface area contributed by atoms with Gasteiger partial charge in [-0.1, -0.05) is 18.2 Å². The number of para-hydroxylation sites is 1. The number of halogens is 1. The van der Waals surface area contributed by atoms with Gasteiger partial charge >= 0.3 is 0 Å². The van der Waals surface area contributed by atoms with Gasteiger partial charge in [0.05, 0.1) is 11.3 Å². The van der Waals surface area contributed by atoms with Crippen LogP contribution in [0.1, 0.15) is 24.6 Å². The van der Waals surface area contributed by atoms with Gasteiger partial charge in [0, 0.05) is 32.0 Å². The zero-order chi connectivity index (χ0) is 19.0. The van der Waals surface area contributed by atoms with E-state index in [9.17, 15) is 19.7 Å². The van der Waals surface area contributed by atoms with Crippen LogP contribution in [-0.4, -0.2) is 56.5 Å². The standard InChI is InChI=1S/C20H23FN2O4/c21-19-17(24)7-6-16(22-19)18(25)11-23-10-13-8-15(9-20(13,26)12-23)27-14-4-2-1-3-5-14/h1-7,13,15,18,24-26H,8-12H2/t13-,15+,18?,20-/m1/s1. The van der Waals surface area contributed by atoms with Crippen molar-refractivity contribution in [2.45, 2.75) is 30.7 Å². The Morgan fingerprint density at radius 1 is 1.26 bits per heavy atom. The molecule has 2 aromatic rings. The number of aliphatic hydroxyl groups excluding tert-OH is 1. The van der Waals surface area contributed by atoms with E-state index in [0.717, 1.165) is 12.2 Å². The van der Waals surface area contributed by atoms with Crippen LogP contribution in [0.5, 0.6) is 11.5 Å². The van der Waals surface area contributed by atoms with E-state index in [1.165, 1.54) is 12.1 Å². The fraction of sp³-hybridized carbons (Fsp3) is 0.450. The average molecular weight is 374 g/mol. The number of aromatic nitrogens is 1. The Bertz CT molecular complexity index is 806. The summed E-state index contributed by atoms with van der Waals surface area (Å²) in [6, 6.07) is 12.2. The zero-order valence-corrected chi connectivity index (χ0v) is 14.8. The predicted octanol–water partition coefficient (Wildman–Crippen LogP) is 1.86. The molecule has 0 spiro atoms. The minimum atomic E-state index is -0.996. The van der Waals surface area contributed by atoms with Gasteiger partial charge in [-0.2, -0.15) is 4.39 Å². The monoisotopic (exact) mass is 374 g/mol. The van der Waals surface area contributed by atoms with Crippen molar-refractivity contribution in [1.29, 1.82) is 0 Å². The number of rotatable bonds is 5. The van der Waals surface area contributed by atoms with Crippen molar-refractivity contribution in [1.82, 2.24) is 9.88 Å². The molecule has 0 bridgehead atoms. The second kappa shape index (κ2) is 7.07. The van der Waals surface area contributed by atoms with E-state index >= 15 is 0 Å². The molecule has 6 nitrogen and oxygen atoms in total. The van der Waals surface area contributed by atoms with Crippen LogP contribution in [0.15, 0.2) is 42.5 Å². The second-order valence-corrected chi connectivity index (χ2v) is 7.55. The maximum atomic E-state index is 13.4. The highest BCUT2D eigenvalue weighted by Gasteiger charge is 2.52. The van der Waals surface area contributed by atoms with Crippen molar-refractivity contribution in [3.63, 3.8) is 0 Å². The lowest BCUT2D eigenvalue weighted by Gasteiger charge is -2.24. The normalized spacial score (nSPS) is 28.9. The molecule has 1 saturated carbocycles. The molecular weight excluding hydrogens is 351 g/mol. The van der Waals surface area contributed by atoms with Gasteiger partial charge < -0.3 is 20.1 Å². The van der Waals surface area contributed by atoms with E-state index < -0.39 is 23.4 Å². The van der Waals surface area contributed by atoms with Gasteiger partial charge in [0.2, 0.25) is 0 Å². The third-order valence-electron chi connectivity index (χ3n) is 5.53. The molecular formula is C20H23FN2O4. The van der Waals surface area contributed by atoms with Gasteiger partial charge in [-0.3, -0.25) is 4.90 Å². The molecule has 2 heterocycles. The highest BCUT2D eigenvalue weighted by atomic mass is 19.1. The van der Waals surface area contributed by atoms with Crippen LogP contribution < -0.4 is 4.74 Å². The molecule has 1 aliphatic heterocycles. The largest absolute Gasteiger partial charge is 0.504 e. The van der Waals surface area contributed by atoms with E-state index in [1.54, 1.807) is 0 Å². The number of nitrogens with zero attached hydrogens (tertiary/aromatic N) is 2. The molecule has 7 heteroatoms. The van der Waals surface area contributed by atoms with Crippen LogP contribution >= 0.6 is 0 Å². The molecule has 27 heavy (non-hydrogen) atoms. The smallest absolute Gasteiger partial charge is 0.255 e. The first-order chi connectivity index (χ1) is 12.9. The zero-order valence-electron chi connectivity index (χ0n) is 14.8. The Balaban J connectivity index is 1.35. The molecule has 4 rings (SSSR count). The van der Waals surface area contributed by atoms with Crippen LogP contribution in [0.25, 0.3) is 0 Å². The molecule has 1 aliphatic carbocycles. The van der Waals surface area contributed by atoms with Gasteiger partial charge in [0.25, 0.3) is 5.95 Å². The Morgan fingerprint density at radius 2 is 2.04 bits per heavy atom. The van der Waals surface area contributed by atoms with Crippen LogP contribution in [0.3, 0.4) is 0 Å². The summed E-state index contributed by atoms with van der Waals surface area (Å²) in [5.41, 5.74) is -0.674. The lowest BCUT2D eigenvalue weighted by molar-refractivity contribution is 0.0176. The lowest BCUT2D eigenvalue weighted by Crippen LogP contribution is -2.36. The summed E-state index contributed by atoms with van der Waals surface area (Å²) < 4.78 is 19.4. The molecule has 1 aromatic heterocycles. The average Bonchev–Trinajstić information content (AvgIpc) is 3.08. The van der Waals surface area contributed by atoms with Crippen molar-refractivity contribution in [2.24, 2.45) is 5.92 Å². The number of hydrogen-bond donors (Lipinski definition) is 3. The summed E-state index contributed by atoms with van der Waals surface area (Å²) in [5, 5.41) is 30.5. The van der Waals surface area contributed by atoms with Gasteiger partial charge in [0.15, 0.2) is 5.75 Å². The topological polar surface area (TPSA) is 86.1 Å². The van der Waals surface area contributed by atoms with Crippen LogP contribution in [0.2, 0.25) is 0 Å². The van der Waals surface area contributed by atoms with Gasteiger partial charge in [-0.05, 0) is 30.7 Å². The number of ether oxygens (including phenoxy) is 1. The highest BCUT2D eigenvalue weighted by molar-refractivity contribution is 5.23. The van der Waals surface area contributed by atoms with E-state index in [-0.39, 0.29) is 24.3 Å². The second-order valence-electron chi connectivity index (χ2n) is 7.55. The predicted molar refractivity (Wildman–Crippen MR) is 95.8 cm³/mol. The lowest BCUT2D eigenvalue weighted by atomic mass is 9.95. The molecule has 4 atom stereocenters. The summed E-state index contributed by atoms with van der Waals surface area (Å²) in [6.07, 6.45) is 0.288. The molecule has 3 N–H and O–H groups in total. The van der Waals surface area contributed by atoms with Crippen molar-refractivity contribution < 1.29 is 24.4 Å². The fourth-order valence-electron chi connectivity index (χ4n) is 4.27. The minimum absolute atomic E-state index is 0.0256. The van der Waals surface area contributed by atoms with Gasteiger partial charge in [-0.25, -0.2) is 4.98 Å². The summed E-state index contributed by atoms with van der Waals surface area (Å²) in [4.78, 5) is 5.56. The molecule has 0 radical (unpaired) electrons. The number of aromatic hydroxyl groups is 1. The van der Waals surface area contributed by atoms with E-state index in [1.807, 2.05) is 35.2 Å². The number of fused-ring (bicyclic) bond motifs is 1. The molecule has 2 aliphatic rings. The summed E-state index contributed by atoms with van der Waals surface area (Å²) in [7, 11) is 0. The van der Waals surface area contributed by atoms with Crippen molar-refractivity contribution in [2.75, 3.05) is 19.6 Å². The Labute approximate surface area is 156 Å². The number of likely N-dealkylation sites (tertiary alicyclic amines) is 1. The third kappa shape index (κ3) is 3.76. The highest BCUT2D eigenvalue weighted by Crippen LogP contribution is 2.43. The quantitative estimate of drug-likeness (QED) is 0.693. The fourth-order valence-corrected chi connectivity index (χ4v) is 4.27. The van der Waals surface area contributed by atoms with Crippen LogP contribution in [-0.2, 0) is 0 Å². The van der Waals surface area contributed by atoms with E-state index in [4.69, 9.17) is 4.74 Å². The molecule has 1 unspecified atom stereocenters.